The third-order valence-electron chi connectivity index (χ3n) is 5.78. The van der Waals surface area contributed by atoms with E-state index in [-0.39, 0.29) is 5.56 Å². The van der Waals surface area contributed by atoms with Crippen LogP contribution in [-0.2, 0) is 13.0 Å². The molecule has 0 N–H and O–H groups in total. The van der Waals surface area contributed by atoms with E-state index in [2.05, 4.69) is 45.0 Å². The first kappa shape index (κ1) is 19.4. The van der Waals surface area contributed by atoms with E-state index in [0.717, 1.165) is 29.6 Å². The van der Waals surface area contributed by atoms with Gasteiger partial charge in [-0.1, -0.05) is 45.0 Å². The molecule has 3 heterocycles. The number of aryl methyl sites for hydroxylation is 2. The van der Waals surface area contributed by atoms with E-state index in [4.69, 9.17) is 15.0 Å². The molecule has 0 aliphatic carbocycles. The minimum atomic E-state index is -0.0656. The normalized spacial score (nSPS) is 11.9. The molecule has 0 bridgehead atoms. The van der Waals surface area contributed by atoms with Crippen LogP contribution in [0.2, 0.25) is 0 Å². The van der Waals surface area contributed by atoms with Crippen LogP contribution in [0.3, 0.4) is 0 Å². The van der Waals surface area contributed by atoms with Gasteiger partial charge >= 0.3 is 0 Å². The van der Waals surface area contributed by atoms with E-state index in [1.807, 2.05) is 28.8 Å². The number of fused-ring (bicyclic) bond motifs is 4. The van der Waals surface area contributed by atoms with Crippen molar-refractivity contribution in [3.63, 3.8) is 0 Å². The van der Waals surface area contributed by atoms with Gasteiger partial charge in [0.15, 0.2) is 11.3 Å². The molecule has 0 fully saturated rings. The average molecular weight is 412 g/mol. The number of hydrogen-bond donors (Lipinski definition) is 0. The van der Waals surface area contributed by atoms with Crippen LogP contribution in [0.1, 0.15) is 32.8 Å². The average Bonchev–Trinajstić information content (AvgIpc) is 3.11. The van der Waals surface area contributed by atoms with Crippen LogP contribution < -0.4 is 5.56 Å². The Labute approximate surface area is 180 Å². The van der Waals surface area contributed by atoms with E-state index in [0.29, 0.717) is 34.7 Å². The van der Waals surface area contributed by atoms with Crippen molar-refractivity contribution in [1.82, 2.24) is 24.1 Å². The highest BCUT2D eigenvalue weighted by Gasteiger charge is 2.20. The van der Waals surface area contributed by atoms with Crippen molar-refractivity contribution in [1.29, 1.82) is 0 Å². The summed E-state index contributed by atoms with van der Waals surface area (Å²) in [6.07, 6.45) is 3.54. The zero-order valence-corrected chi connectivity index (χ0v) is 18.0. The molecule has 6 nitrogen and oxygen atoms in total. The lowest BCUT2D eigenvalue weighted by molar-refractivity contribution is 0.506. The lowest BCUT2D eigenvalue weighted by Crippen LogP contribution is -2.21. The summed E-state index contributed by atoms with van der Waals surface area (Å²) >= 11 is 0. The number of rotatable bonds is 5. The smallest absolute Gasteiger partial charge is 0.265 e. The maximum Gasteiger partial charge on any atom is 0.265 e. The molecule has 6 heteroatoms. The summed E-state index contributed by atoms with van der Waals surface area (Å²) in [4.78, 5) is 27.9. The number of aromatic nitrogens is 5. The lowest BCUT2D eigenvalue weighted by Gasteiger charge is -2.09. The van der Waals surface area contributed by atoms with Gasteiger partial charge in [-0.15, -0.1) is 0 Å². The number of hydrogen-bond acceptors (Lipinski definition) is 4. The van der Waals surface area contributed by atoms with Crippen molar-refractivity contribution in [2.75, 3.05) is 0 Å². The predicted octanol–water partition coefficient (Wildman–Crippen LogP) is 4.89. The summed E-state index contributed by atoms with van der Waals surface area (Å²) in [6, 6.07) is 16.1. The monoisotopic (exact) mass is 411 g/mol. The van der Waals surface area contributed by atoms with Crippen LogP contribution in [-0.4, -0.2) is 24.1 Å². The molecular formula is C25H25N5O. The van der Waals surface area contributed by atoms with Gasteiger partial charge < -0.3 is 0 Å². The van der Waals surface area contributed by atoms with Gasteiger partial charge in [-0.3, -0.25) is 13.9 Å². The third kappa shape index (κ3) is 3.28. The fourth-order valence-electron chi connectivity index (χ4n) is 3.95. The van der Waals surface area contributed by atoms with Crippen molar-refractivity contribution in [2.24, 2.45) is 5.92 Å². The Morgan fingerprint density at radius 1 is 0.935 bits per heavy atom. The molecule has 5 aromatic rings. The van der Waals surface area contributed by atoms with Crippen molar-refractivity contribution in [3.8, 4) is 5.69 Å². The summed E-state index contributed by atoms with van der Waals surface area (Å²) in [5, 5.41) is 0.527. The molecule has 0 radical (unpaired) electrons. The van der Waals surface area contributed by atoms with Crippen LogP contribution in [0.15, 0.2) is 59.7 Å². The second-order valence-corrected chi connectivity index (χ2v) is 8.36. The van der Waals surface area contributed by atoms with Crippen LogP contribution in [0.4, 0.5) is 0 Å². The number of nitrogens with zero attached hydrogens (tertiary/aromatic N) is 5. The molecule has 0 saturated heterocycles. The molecule has 31 heavy (non-hydrogen) atoms. The van der Waals surface area contributed by atoms with Crippen molar-refractivity contribution in [2.45, 2.75) is 40.2 Å². The minimum Gasteiger partial charge on any atom is -0.299 e. The van der Waals surface area contributed by atoms with Gasteiger partial charge in [-0.05, 0) is 48.6 Å². The van der Waals surface area contributed by atoms with Gasteiger partial charge in [-0.2, -0.15) is 0 Å². The van der Waals surface area contributed by atoms with Crippen molar-refractivity contribution in [3.05, 3.63) is 70.8 Å². The summed E-state index contributed by atoms with van der Waals surface area (Å²) in [7, 11) is 0. The fourth-order valence-corrected chi connectivity index (χ4v) is 3.95. The number of benzene rings is 2. The molecule has 2 aromatic carbocycles. The standard InChI is InChI=1S/C25H25N5O/c1-4-17-9-11-18(12-10-17)30-23-21(25(31)29(15-26-23)14-13-16(2)3)22-24(30)28-20-8-6-5-7-19(20)27-22/h5-12,15-16H,4,13-14H2,1-3H3. The first-order chi connectivity index (χ1) is 15.1. The lowest BCUT2D eigenvalue weighted by atomic mass is 10.1. The molecule has 156 valence electrons. The minimum absolute atomic E-state index is 0.0656. The molecule has 0 aliphatic rings. The van der Waals surface area contributed by atoms with Gasteiger partial charge in [0.1, 0.15) is 10.9 Å². The Morgan fingerprint density at radius 3 is 2.32 bits per heavy atom. The second-order valence-electron chi connectivity index (χ2n) is 8.36. The topological polar surface area (TPSA) is 65.6 Å². The van der Waals surface area contributed by atoms with E-state index in [1.165, 1.54) is 5.56 Å². The summed E-state index contributed by atoms with van der Waals surface area (Å²) in [5.41, 5.74) is 5.54. The second kappa shape index (κ2) is 7.61. The molecule has 5 rings (SSSR count). The van der Waals surface area contributed by atoms with Crippen LogP contribution in [0.5, 0.6) is 0 Å². The zero-order valence-electron chi connectivity index (χ0n) is 18.0. The van der Waals surface area contributed by atoms with Gasteiger partial charge in [0.2, 0.25) is 0 Å². The number of para-hydroxylation sites is 2. The summed E-state index contributed by atoms with van der Waals surface area (Å²) in [5.74, 6) is 0.504. The Balaban J connectivity index is 1.86. The zero-order chi connectivity index (χ0) is 21.5. The maximum atomic E-state index is 13.5. The van der Waals surface area contributed by atoms with Gasteiger partial charge in [0, 0.05) is 12.2 Å². The molecule has 0 aliphatic heterocycles. The Bertz CT molecular complexity index is 1460. The predicted molar refractivity (Wildman–Crippen MR) is 125 cm³/mol. The SMILES string of the molecule is CCc1ccc(-n2c3nc4ccccc4nc3c3c(=O)n(CCC(C)C)cnc32)cc1. The van der Waals surface area contributed by atoms with Crippen LogP contribution in [0, 0.1) is 5.92 Å². The molecular weight excluding hydrogens is 386 g/mol. The molecule has 3 aromatic heterocycles. The molecule has 0 unspecified atom stereocenters. The third-order valence-corrected chi connectivity index (χ3v) is 5.78. The molecule has 0 amide bonds. The molecule has 0 spiro atoms. The van der Waals surface area contributed by atoms with E-state index in [9.17, 15) is 4.79 Å². The Morgan fingerprint density at radius 2 is 1.65 bits per heavy atom. The van der Waals surface area contributed by atoms with E-state index >= 15 is 0 Å². The molecule has 0 saturated carbocycles. The van der Waals surface area contributed by atoms with Gasteiger partial charge in [0.05, 0.1) is 17.4 Å². The van der Waals surface area contributed by atoms with Crippen molar-refractivity contribution < 1.29 is 0 Å². The Hall–Kier alpha value is -3.54. The van der Waals surface area contributed by atoms with Gasteiger partial charge in [-0.25, -0.2) is 15.0 Å². The highest BCUT2D eigenvalue weighted by molar-refractivity contribution is 6.05. The molecule has 0 atom stereocenters. The highest BCUT2D eigenvalue weighted by atomic mass is 16.1. The van der Waals surface area contributed by atoms with Crippen LogP contribution >= 0.6 is 0 Å². The fraction of sp³-hybridized carbons (Fsp3) is 0.280. The first-order valence-electron chi connectivity index (χ1n) is 10.8. The highest BCUT2D eigenvalue weighted by Crippen LogP contribution is 2.28. The largest absolute Gasteiger partial charge is 0.299 e. The summed E-state index contributed by atoms with van der Waals surface area (Å²) < 4.78 is 3.65. The van der Waals surface area contributed by atoms with E-state index < -0.39 is 0 Å². The Kier molecular flexibility index (Phi) is 4.77. The van der Waals surface area contributed by atoms with Gasteiger partial charge in [0.25, 0.3) is 5.56 Å². The maximum absolute atomic E-state index is 13.5. The summed E-state index contributed by atoms with van der Waals surface area (Å²) in [6.45, 7) is 7.08. The van der Waals surface area contributed by atoms with E-state index in [1.54, 1.807) is 10.9 Å². The quantitative estimate of drug-likeness (QED) is 0.413. The first-order valence-corrected chi connectivity index (χ1v) is 10.8. The van der Waals surface area contributed by atoms with Crippen LogP contribution in [0.25, 0.3) is 38.9 Å². The van der Waals surface area contributed by atoms with Crippen molar-refractivity contribution >= 4 is 33.2 Å².